The molecule has 0 fully saturated rings. The van der Waals surface area contributed by atoms with Crippen molar-refractivity contribution in [3.05, 3.63) is 64.0 Å². The molecule has 3 rings (SSSR count). The number of hydrogen-bond donors (Lipinski definition) is 0. The van der Waals surface area contributed by atoms with Crippen molar-refractivity contribution < 1.29 is 18.9 Å². The van der Waals surface area contributed by atoms with Crippen LogP contribution in [-0.4, -0.2) is 22.2 Å². The molecule has 128 valence electrons. The Morgan fingerprint density at radius 2 is 1.88 bits per heavy atom. The number of aryl methyl sites for hydroxylation is 1. The van der Waals surface area contributed by atoms with E-state index in [1.54, 1.807) is 32.2 Å². The number of ether oxygens (including phenoxy) is 2. The minimum Gasteiger partial charge on any atom is -0.497 e. The van der Waals surface area contributed by atoms with Crippen LogP contribution in [0, 0.1) is 17.0 Å². The molecule has 0 radical (unpaired) electrons. The van der Waals surface area contributed by atoms with Crippen molar-refractivity contribution in [2.45, 2.75) is 13.5 Å². The molecule has 8 nitrogen and oxygen atoms in total. The smallest absolute Gasteiger partial charge is 0.272 e. The number of hydrogen-bond acceptors (Lipinski definition) is 7. The van der Waals surface area contributed by atoms with E-state index in [4.69, 9.17) is 14.0 Å². The first-order valence-electron chi connectivity index (χ1n) is 7.41. The van der Waals surface area contributed by atoms with Crippen molar-refractivity contribution in [3.63, 3.8) is 0 Å². The first-order valence-corrected chi connectivity index (χ1v) is 7.41. The Balaban J connectivity index is 1.67. The monoisotopic (exact) mass is 341 g/mol. The molecule has 0 unspecified atom stereocenters. The molecule has 0 atom stereocenters. The molecule has 0 saturated heterocycles. The van der Waals surface area contributed by atoms with Gasteiger partial charge in [0.1, 0.15) is 11.5 Å². The highest BCUT2D eigenvalue weighted by Crippen LogP contribution is 2.24. The predicted molar refractivity (Wildman–Crippen MR) is 88.5 cm³/mol. The summed E-state index contributed by atoms with van der Waals surface area (Å²) in [6.45, 7) is 1.75. The van der Waals surface area contributed by atoms with E-state index in [9.17, 15) is 10.1 Å². The molecule has 0 aliphatic rings. The third-order valence-corrected chi connectivity index (χ3v) is 3.54. The average molecular weight is 341 g/mol. The second-order valence-corrected chi connectivity index (χ2v) is 5.24. The quantitative estimate of drug-likeness (QED) is 0.499. The molecule has 0 aliphatic heterocycles. The molecule has 3 aromatic rings. The van der Waals surface area contributed by atoms with Gasteiger partial charge < -0.3 is 14.0 Å². The van der Waals surface area contributed by atoms with Crippen LogP contribution in [0.4, 0.5) is 5.69 Å². The fourth-order valence-corrected chi connectivity index (χ4v) is 2.23. The zero-order valence-corrected chi connectivity index (χ0v) is 13.6. The second kappa shape index (κ2) is 7.00. The lowest BCUT2D eigenvalue weighted by Crippen LogP contribution is -1.99. The third-order valence-electron chi connectivity index (χ3n) is 3.54. The lowest BCUT2D eigenvalue weighted by atomic mass is 10.2. The van der Waals surface area contributed by atoms with Crippen molar-refractivity contribution in [1.29, 1.82) is 0 Å². The van der Waals surface area contributed by atoms with Crippen LogP contribution in [-0.2, 0) is 6.61 Å². The highest BCUT2D eigenvalue weighted by molar-refractivity contribution is 5.54. The Bertz CT molecular complexity index is 890. The summed E-state index contributed by atoms with van der Waals surface area (Å²) >= 11 is 0. The Kier molecular flexibility index (Phi) is 4.60. The Morgan fingerprint density at radius 1 is 1.16 bits per heavy atom. The molecule has 0 spiro atoms. The predicted octanol–water partition coefficient (Wildman–Crippen LogP) is 3.54. The summed E-state index contributed by atoms with van der Waals surface area (Å²) in [4.78, 5) is 14.7. The van der Waals surface area contributed by atoms with E-state index in [-0.39, 0.29) is 12.3 Å². The van der Waals surface area contributed by atoms with E-state index in [0.717, 1.165) is 11.3 Å². The molecule has 0 aliphatic carbocycles. The van der Waals surface area contributed by atoms with Gasteiger partial charge in [0.2, 0.25) is 5.82 Å². The van der Waals surface area contributed by atoms with E-state index in [0.29, 0.717) is 23.0 Å². The van der Waals surface area contributed by atoms with E-state index in [1.807, 2.05) is 12.1 Å². The lowest BCUT2D eigenvalue weighted by Gasteiger charge is -2.04. The number of nitro groups is 1. The van der Waals surface area contributed by atoms with Gasteiger partial charge in [-0.2, -0.15) is 4.98 Å². The summed E-state index contributed by atoms with van der Waals surface area (Å²) in [6, 6.07) is 11.8. The summed E-state index contributed by atoms with van der Waals surface area (Å²) in [5.74, 6) is 1.99. The van der Waals surface area contributed by atoms with E-state index >= 15 is 0 Å². The maximum absolute atomic E-state index is 10.8. The topological polar surface area (TPSA) is 101 Å². The summed E-state index contributed by atoms with van der Waals surface area (Å²) < 4.78 is 15.9. The van der Waals surface area contributed by atoms with Gasteiger partial charge in [-0.25, -0.2) is 0 Å². The van der Waals surface area contributed by atoms with Gasteiger partial charge in [-0.3, -0.25) is 10.1 Å². The van der Waals surface area contributed by atoms with Gasteiger partial charge in [-0.15, -0.1) is 0 Å². The van der Waals surface area contributed by atoms with Crippen LogP contribution in [0.3, 0.4) is 0 Å². The van der Waals surface area contributed by atoms with Crippen LogP contribution in [0.5, 0.6) is 11.5 Å². The van der Waals surface area contributed by atoms with Crippen LogP contribution in [0.2, 0.25) is 0 Å². The van der Waals surface area contributed by atoms with Crippen molar-refractivity contribution in [3.8, 4) is 23.0 Å². The number of nitro benzene ring substituents is 1. The van der Waals surface area contributed by atoms with Crippen LogP contribution in [0.25, 0.3) is 11.5 Å². The molecule has 0 bridgehead atoms. The molecule has 8 heteroatoms. The molecule has 1 heterocycles. The van der Waals surface area contributed by atoms with E-state index in [1.165, 1.54) is 12.1 Å². The zero-order chi connectivity index (χ0) is 17.8. The average Bonchev–Trinajstić information content (AvgIpc) is 3.09. The van der Waals surface area contributed by atoms with Crippen LogP contribution >= 0.6 is 0 Å². The summed E-state index contributed by atoms with van der Waals surface area (Å²) in [7, 11) is 1.59. The van der Waals surface area contributed by atoms with E-state index < -0.39 is 4.92 Å². The summed E-state index contributed by atoms with van der Waals surface area (Å²) in [5.41, 5.74) is 1.34. The van der Waals surface area contributed by atoms with E-state index in [2.05, 4.69) is 10.1 Å². The SMILES string of the molecule is COc1ccc(-c2nc(COc3ccc([N+](=O)[O-])c(C)c3)no2)cc1. The maximum Gasteiger partial charge on any atom is 0.272 e. The first kappa shape index (κ1) is 16.4. The van der Waals surface area contributed by atoms with Gasteiger partial charge in [0, 0.05) is 17.2 Å². The Morgan fingerprint density at radius 3 is 2.52 bits per heavy atom. The second-order valence-electron chi connectivity index (χ2n) is 5.24. The Labute approximate surface area is 143 Å². The molecule has 25 heavy (non-hydrogen) atoms. The molecule has 0 saturated carbocycles. The highest BCUT2D eigenvalue weighted by Gasteiger charge is 2.12. The number of methoxy groups -OCH3 is 1. The number of rotatable bonds is 6. The molecule has 2 aromatic carbocycles. The largest absolute Gasteiger partial charge is 0.497 e. The third kappa shape index (κ3) is 3.74. The summed E-state index contributed by atoms with van der Waals surface area (Å²) in [5, 5.41) is 14.7. The van der Waals surface area contributed by atoms with Crippen LogP contribution in [0.15, 0.2) is 47.0 Å². The van der Waals surface area contributed by atoms with Crippen molar-refractivity contribution in [2.75, 3.05) is 7.11 Å². The van der Waals surface area contributed by atoms with Crippen LogP contribution < -0.4 is 9.47 Å². The van der Waals surface area contributed by atoms with Gasteiger partial charge >= 0.3 is 0 Å². The van der Waals surface area contributed by atoms with Crippen molar-refractivity contribution in [1.82, 2.24) is 10.1 Å². The molecular weight excluding hydrogens is 326 g/mol. The van der Waals surface area contributed by atoms with Gasteiger partial charge in [-0.1, -0.05) is 5.16 Å². The van der Waals surface area contributed by atoms with Crippen molar-refractivity contribution in [2.24, 2.45) is 0 Å². The standard InChI is InChI=1S/C17H15N3O5/c1-11-9-14(7-8-15(11)20(21)22)24-10-16-18-17(25-19-16)12-3-5-13(23-2)6-4-12/h3-9H,10H2,1-2H3. The highest BCUT2D eigenvalue weighted by atomic mass is 16.6. The maximum atomic E-state index is 10.8. The van der Waals surface area contributed by atoms with Crippen molar-refractivity contribution >= 4 is 5.69 Å². The van der Waals surface area contributed by atoms with Crippen LogP contribution in [0.1, 0.15) is 11.4 Å². The minimum atomic E-state index is -0.431. The fourth-order valence-electron chi connectivity index (χ4n) is 2.23. The minimum absolute atomic E-state index is 0.0497. The fraction of sp³-hybridized carbons (Fsp3) is 0.176. The van der Waals surface area contributed by atoms with Gasteiger partial charge in [0.25, 0.3) is 11.6 Å². The number of benzene rings is 2. The first-order chi connectivity index (χ1) is 12.1. The summed E-state index contributed by atoms with van der Waals surface area (Å²) in [6.07, 6.45) is 0. The Hall–Kier alpha value is -3.42. The van der Waals surface area contributed by atoms with Gasteiger partial charge in [0.05, 0.1) is 12.0 Å². The lowest BCUT2D eigenvalue weighted by molar-refractivity contribution is -0.385. The molecule has 0 amide bonds. The van der Waals surface area contributed by atoms with Gasteiger partial charge in [0.15, 0.2) is 6.61 Å². The number of aromatic nitrogens is 2. The normalized spacial score (nSPS) is 10.5. The molecule has 0 N–H and O–H groups in total. The van der Waals surface area contributed by atoms with Gasteiger partial charge in [-0.05, 0) is 43.3 Å². The molecular formula is C17H15N3O5. The number of nitrogens with zero attached hydrogens (tertiary/aromatic N) is 3. The zero-order valence-electron chi connectivity index (χ0n) is 13.6. The molecule has 1 aromatic heterocycles.